The normalized spacial score (nSPS) is 16.5. The first-order valence-electron chi connectivity index (χ1n) is 14.2. The molecule has 6 rings (SSSR count). The highest BCUT2D eigenvalue weighted by molar-refractivity contribution is 6.05. The van der Waals surface area contributed by atoms with Crippen molar-refractivity contribution in [2.75, 3.05) is 45.7 Å². The zero-order valence-corrected chi connectivity index (χ0v) is 23.9. The molecule has 210 valence electrons. The summed E-state index contributed by atoms with van der Waals surface area (Å²) in [4.78, 5) is 28.0. The third-order valence-corrected chi connectivity index (χ3v) is 7.91. The Morgan fingerprint density at radius 3 is 2.83 bits per heavy atom. The molecule has 0 saturated heterocycles. The smallest absolute Gasteiger partial charge is 0.258 e. The topological polar surface area (TPSA) is 93.3 Å². The van der Waals surface area contributed by atoms with E-state index in [4.69, 9.17) is 14.7 Å². The van der Waals surface area contributed by atoms with Crippen LogP contribution in [0.3, 0.4) is 0 Å². The molecule has 10 nitrogen and oxygen atoms in total. The number of nitrogens with one attached hydrogen (secondary N) is 1. The lowest BCUT2D eigenvalue weighted by Gasteiger charge is -2.30. The monoisotopic (exact) mass is 542 g/mol. The molecule has 0 saturated carbocycles. The zero-order valence-electron chi connectivity index (χ0n) is 23.9. The Labute approximate surface area is 234 Å². The Hall–Kier alpha value is -3.76. The number of carbonyl (C=O) groups excluding carboxylic acids is 1. The molecule has 0 spiro atoms. The van der Waals surface area contributed by atoms with Crippen LogP contribution in [0.2, 0.25) is 0 Å². The number of aryl methyl sites for hydroxylation is 3. The van der Waals surface area contributed by atoms with Gasteiger partial charge in [-0.1, -0.05) is 6.07 Å². The van der Waals surface area contributed by atoms with Crippen molar-refractivity contribution in [3.05, 3.63) is 52.8 Å². The Kier molecular flexibility index (Phi) is 7.29. The van der Waals surface area contributed by atoms with Gasteiger partial charge in [-0.25, -0.2) is 9.67 Å². The number of fused-ring (bicyclic) bond motifs is 9. The van der Waals surface area contributed by atoms with Crippen LogP contribution in [0.4, 0.5) is 5.95 Å². The van der Waals surface area contributed by atoms with E-state index >= 15 is 0 Å². The highest BCUT2D eigenvalue weighted by atomic mass is 16.5. The van der Waals surface area contributed by atoms with E-state index in [1.165, 1.54) is 11.1 Å². The number of anilines is 1. The number of rotatable bonds is 3. The molecule has 2 bridgehead atoms. The third kappa shape index (κ3) is 5.21. The van der Waals surface area contributed by atoms with Gasteiger partial charge in [0.1, 0.15) is 0 Å². The standard InChI is InChI=1S/C30H38N8O2/c1-20-16-22-17-26(32-20)24-18-31-36(4)29(24)40-15-7-5-6-11-38-27-23-10-12-37(14-13-35(2)3)19-21(23)8-9-25(27)33-30(38)34-28(22)39/h8-9,16-18H,5-7,10-15,19H2,1-4H3,(H,33,34,39). The molecule has 0 unspecified atom stereocenters. The fourth-order valence-electron chi connectivity index (χ4n) is 5.80. The number of pyridine rings is 1. The lowest BCUT2D eigenvalue weighted by molar-refractivity contribution is 0.102. The van der Waals surface area contributed by atoms with Gasteiger partial charge in [0.05, 0.1) is 35.1 Å². The molecule has 0 aliphatic carbocycles. The van der Waals surface area contributed by atoms with Crippen molar-refractivity contribution in [1.29, 1.82) is 0 Å². The summed E-state index contributed by atoms with van der Waals surface area (Å²) in [5, 5.41) is 7.54. The van der Waals surface area contributed by atoms with Gasteiger partial charge in [0.25, 0.3) is 5.91 Å². The third-order valence-electron chi connectivity index (χ3n) is 7.91. The Bertz CT molecular complexity index is 1550. The number of ether oxygens (including phenoxy) is 1. The Morgan fingerprint density at radius 1 is 1.10 bits per heavy atom. The van der Waals surface area contributed by atoms with Crippen molar-refractivity contribution in [3.63, 3.8) is 0 Å². The highest BCUT2D eigenvalue weighted by Crippen LogP contribution is 2.32. The van der Waals surface area contributed by atoms with Gasteiger partial charge < -0.3 is 14.2 Å². The van der Waals surface area contributed by atoms with Crippen molar-refractivity contribution >= 4 is 22.9 Å². The highest BCUT2D eigenvalue weighted by Gasteiger charge is 2.24. The van der Waals surface area contributed by atoms with E-state index < -0.39 is 0 Å². The Balaban J connectivity index is 1.37. The van der Waals surface area contributed by atoms with Crippen LogP contribution in [0.1, 0.15) is 46.4 Å². The van der Waals surface area contributed by atoms with E-state index in [0.29, 0.717) is 29.7 Å². The SMILES string of the molecule is Cc1cc2cc(n1)-c1cnn(C)c1OCCCCCn1c(nc3ccc4c(c31)CCN(CCN(C)C)C4)NC2=O. The molecule has 3 aromatic heterocycles. The second kappa shape index (κ2) is 11.0. The first-order chi connectivity index (χ1) is 19.4. The number of hydrogen-bond donors (Lipinski definition) is 1. The summed E-state index contributed by atoms with van der Waals surface area (Å²) in [5.74, 6) is 1.07. The summed E-state index contributed by atoms with van der Waals surface area (Å²) in [6.45, 7) is 7.35. The molecule has 1 aromatic carbocycles. The lowest BCUT2D eigenvalue weighted by Crippen LogP contribution is -2.36. The van der Waals surface area contributed by atoms with Crippen LogP contribution >= 0.6 is 0 Å². The summed E-state index contributed by atoms with van der Waals surface area (Å²) in [6.07, 6.45) is 5.61. The van der Waals surface area contributed by atoms with Crippen molar-refractivity contribution in [2.24, 2.45) is 7.05 Å². The molecule has 0 atom stereocenters. The number of imidazole rings is 1. The van der Waals surface area contributed by atoms with Crippen LogP contribution in [-0.4, -0.2) is 80.4 Å². The fraction of sp³-hybridized carbons (Fsp3) is 0.467. The van der Waals surface area contributed by atoms with Crippen LogP contribution in [0.25, 0.3) is 22.3 Å². The second-order valence-corrected chi connectivity index (χ2v) is 11.2. The summed E-state index contributed by atoms with van der Waals surface area (Å²) in [7, 11) is 6.11. The van der Waals surface area contributed by atoms with E-state index in [1.54, 1.807) is 10.9 Å². The summed E-state index contributed by atoms with van der Waals surface area (Å²) >= 11 is 0. The summed E-state index contributed by atoms with van der Waals surface area (Å²) in [5.41, 5.74) is 7.55. The van der Waals surface area contributed by atoms with Crippen molar-refractivity contribution in [1.82, 2.24) is 34.1 Å². The molecular weight excluding hydrogens is 504 g/mol. The van der Waals surface area contributed by atoms with Crippen molar-refractivity contribution in [2.45, 2.75) is 45.7 Å². The minimum absolute atomic E-state index is 0.201. The molecule has 10 heteroatoms. The van der Waals surface area contributed by atoms with Crippen LogP contribution < -0.4 is 10.1 Å². The maximum absolute atomic E-state index is 13.6. The van der Waals surface area contributed by atoms with Gasteiger partial charge in [-0.15, -0.1) is 0 Å². The maximum atomic E-state index is 13.6. The van der Waals surface area contributed by atoms with Crippen molar-refractivity contribution in [3.8, 4) is 17.1 Å². The van der Waals surface area contributed by atoms with Gasteiger partial charge in [0.15, 0.2) is 0 Å². The molecule has 2 aliphatic rings. The fourth-order valence-corrected chi connectivity index (χ4v) is 5.80. The number of likely N-dealkylation sites (N-methyl/N-ethyl adjacent to an activating group) is 1. The minimum Gasteiger partial charge on any atom is -0.477 e. The predicted molar refractivity (Wildman–Crippen MR) is 156 cm³/mol. The lowest BCUT2D eigenvalue weighted by atomic mass is 9.98. The first kappa shape index (κ1) is 26.5. The number of benzene rings is 1. The maximum Gasteiger partial charge on any atom is 0.258 e. The van der Waals surface area contributed by atoms with E-state index in [0.717, 1.165) is 80.7 Å². The molecular formula is C30H38N8O2. The molecule has 1 amide bonds. The van der Waals surface area contributed by atoms with Crippen molar-refractivity contribution < 1.29 is 9.53 Å². The van der Waals surface area contributed by atoms with E-state index in [2.05, 4.69) is 51.0 Å². The molecule has 0 fully saturated rings. The van der Waals surface area contributed by atoms with Gasteiger partial charge in [0, 0.05) is 51.0 Å². The first-order valence-corrected chi connectivity index (χ1v) is 14.2. The number of aromatic nitrogens is 5. The molecule has 2 aliphatic heterocycles. The number of amides is 1. The minimum atomic E-state index is -0.201. The summed E-state index contributed by atoms with van der Waals surface area (Å²) < 4.78 is 10.1. The predicted octanol–water partition coefficient (Wildman–Crippen LogP) is 3.87. The van der Waals surface area contributed by atoms with Crippen LogP contribution in [0, 0.1) is 6.92 Å². The second-order valence-electron chi connectivity index (χ2n) is 11.2. The number of carbonyl (C=O) groups is 1. The quantitative estimate of drug-likeness (QED) is 0.420. The molecule has 5 heterocycles. The molecule has 40 heavy (non-hydrogen) atoms. The van der Waals surface area contributed by atoms with E-state index in [9.17, 15) is 4.79 Å². The zero-order chi connectivity index (χ0) is 27.8. The van der Waals surface area contributed by atoms with Gasteiger partial charge in [0.2, 0.25) is 11.8 Å². The van der Waals surface area contributed by atoms with E-state index in [1.807, 2.05) is 26.1 Å². The van der Waals surface area contributed by atoms with Gasteiger partial charge in [-0.2, -0.15) is 5.10 Å². The number of nitrogens with zero attached hydrogens (tertiary/aromatic N) is 7. The van der Waals surface area contributed by atoms with Crippen LogP contribution in [0.5, 0.6) is 5.88 Å². The van der Waals surface area contributed by atoms with Gasteiger partial charge in [-0.3, -0.25) is 20.0 Å². The van der Waals surface area contributed by atoms with Gasteiger partial charge in [-0.05, 0) is 76.0 Å². The molecule has 0 radical (unpaired) electrons. The Morgan fingerprint density at radius 2 is 1.98 bits per heavy atom. The average Bonchev–Trinajstić information content (AvgIpc) is 3.47. The average molecular weight is 543 g/mol. The van der Waals surface area contributed by atoms with Gasteiger partial charge >= 0.3 is 0 Å². The number of hydrogen-bond acceptors (Lipinski definition) is 7. The van der Waals surface area contributed by atoms with Crippen LogP contribution in [-0.2, 0) is 26.6 Å². The van der Waals surface area contributed by atoms with E-state index in [-0.39, 0.29) is 5.91 Å². The molecule has 4 aromatic rings. The van der Waals surface area contributed by atoms with Crippen LogP contribution in [0.15, 0.2) is 30.5 Å². The largest absolute Gasteiger partial charge is 0.477 e. The molecule has 1 N–H and O–H groups in total. The summed E-state index contributed by atoms with van der Waals surface area (Å²) in [6, 6.07) is 7.95.